The molecule has 0 N–H and O–H groups in total. The van der Waals surface area contributed by atoms with E-state index in [0.717, 1.165) is 12.0 Å². The minimum absolute atomic E-state index is 0.138. The largest absolute Gasteiger partial charge is 0.207 e. The summed E-state index contributed by atoms with van der Waals surface area (Å²) in [6.45, 7) is 2.20. The van der Waals surface area contributed by atoms with Gasteiger partial charge in [-0.05, 0) is 30.5 Å². The van der Waals surface area contributed by atoms with Crippen molar-refractivity contribution in [1.29, 1.82) is 0 Å². The van der Waals surface area contributed by atoms with E-state index < -0.39 is 0 Å². The lowest BCUT2D eigenvalue weighted by Crippen LogP contribution is -2.02. The Kier molecular flexibility index (Phi) is 5.92. The van der Waals surface area contributed by atoms with Gasteiger partial charge < -0.3 is 0 Å². The molecular formula is C13H18BrF. The van der Waals surface area contributed by atoms with Gasteiger partial charge in [-0.25, -0.2) is 4.39 Å². The summed E-state index contributed by atoms with van der Waals surface area (Å²) < 4.78 is 12.9. The van der Waals surface area contributed by atoms with Crippen LogP contribution in [0.2, 0.25) is 0 Å². The average Bonchev–Trinajstić information content (AvgIpc) is 2.18. The molecule has 0 aliphatic carbocycles. The quantitative estimate of drug-likeness (QED) is 0.520. The Morgan fingerprint density at radius 1 is 1.33 bits per heavy atom. The van der Waals surface area contributed by atoms with Crippen molar-refractivity contribution in [3.05, 3.63) is 35.6 Å². The highest BCUT2D eigenvalue weighted by Gasteiger charge is 2.05. The van der Waals surface area contributed by atoms with Gasteiger partial charge in [0.2, 0.25) is 0 Å². The van der Waals surface area contributed by atoms with E-state index in [1.165, 1.54) is 31.7 Å². The van der Waals surface area contributed by atoms with Gasteiger partial charge in [-0.1, -0.05) is 54.2 Å². The van der Waals surface area contributed by atoms with Gasteiger partial charge in [-0.15, -0.1) is 0 Å². The Balaban J connectivity index is 2.34. The maximum Gasteiger partial charge on any atom is 0.123 e. The van der Waals surface area contributed by atoms with Crippen LogP contribution in [0.15, 0.2) is 24.3 Å². The molecule has 1 aromatic carbocycles. The average molecular weight is 273 g/mol. The lowest BCUT2D eigenvalue weighted by molar-refractivity contribution is 0.620. The van der Waals surface area contributed by atoms with Crippen LogP contribution in [0.25, 0.3) is 0 Å². The molecular weight excluding hydrogens is 255 g/mol. The van der Waals surface area contributed by atoms with Gasteiger partial charge >= 0.3 is 0 Å². The Bertz CT molecular complexity index is 286. The number of hydrogen-bond acceptors (Lipinski definition) is 0. The highest BCUT2D eigenvalue weighted by atomic mass is 79.9. The zero-order valence-corrected chi connectivity index (χ0v) is 10.8. The summed E-state index contributed by atoms with van der Waals surface area (Å²) in [5.74, 6) is -0.138. The van der Waals surface area contributed by atoms with Crippen LogP contribution in [0.4, 0.5) is 4.39 Å². The number of hydrogen-bond donors (Lipinski definition) is 0. The predicted molar refractivity (Wildman–Crippen MR) is 67.0 cm³/mol. The summed E-state index contributed by atoms with van der Waals surface area (Å²) in [7, 11) is 0. The Hall–Kier alpha value is -0.370. The SMILES string of the molecule is CCCCCC(Br)Cc1cccc(F)c1. The zero-order chi connectivity index (χ0) is 11.1. The lowest BCUT2D eigenvalue weighted by atomic mass is 10.1. The van der Waals surface area contributed by atoms with Crippen LogP contribution < -0.4 is 0 Å². The van der Waals surface area contributed by atoms with Gasteiger partial charge in [0.1, 0.15) is 5.82 Å². The maximum absolute atomic E-state index is 12.9. The number of rotatable bonds is 6. The van der Waals surface area contributed by atoms with Crippen LogP contribution in [0, 0.1) is 5.82 Å². The van der Waals surface area contributed by atoms with Crippen molar-refractivity contribution in [3.8, 4) is 0 Å². The first-order valence-corrected chi connectivity index (χ1v) is 6.52. The fourth-order valence-electron chi connectivity index (χ4n) is 1.64. The van der Waals surface area contributed by atoms with Crippen LogP contribution >= 0.6 is 15.9 Å². The molecule has 0 saturated heterocycles. The molecule has 0 aliphatic rings. The van der Waals surface area contributed by atoms with Crippen molar-refractivity contribution in [2.75, 3.05) is 0 Å². The van der Waals surface area contributed by atoms with E-state index in [2.05, 4.69) is 22.9 Å². The normalized spacial score (nSPS) is 12.7. The molecule has 2 heteroatoms. The first-order valence-electron chi connectivity index (χ1n) is 5.61. The molecule has 1 aromatic rings. The summed E-state index contributed by atoms with van der Waals surface area (Å²) in [6.07, 6.45) is 5.87. The molecule has 0 aromatic heterocycles. The molecule has 0 saturated carbocycles. The zero-order valence-electron chi connectivity index (χ0n) is 9.18. The molecule has 0 heterocycles. The number of unbranched alkanes of at least 4 members (excludes halogenated alkanes) is 2. The Morgan fingerprint density at radius 3 is 2.80 bits per heavy atom. The Labute approximate surface area is 100 Å². The topological polar surface area (TPSA) is 0 Å². The minimum Gasteiger partial charge on any atom is -0.207 e. The summed E-state index contributed by atoms with van der Waals surface area (Å²) in [5.41, 5.74) is 1.08. The van der Waals surface area contributed by atoms with Gasteiger partial charge in [0.05, 0.1) is 0 Å². The van der Waals surface area contributed by atoms with Crippen molar-refractivity contribution in [1.82, 2.24) is 0 Å². The van der Waals surface area contributed by atoms with Crippen LogP contribution in [0.5, 0.6) is 0 Å². The third-order valence-electron chi connectivity index (χ3n) is 2.47. The van der Waals surface area contributed by atoms with E-state index in [1.807, 2.05) is 6.07 Å². The van der Waals surface area contributed by atoms with Crippen molar-refractivity contribution in [2.45, 2.75) is 43.9 Å². The monoisotopic (exact) mass is 272 g/mol. The van der Waals surface area contributed by atoms with E-state index in [1.54, 1.807) is 12.1 Å². The molecule has 0 amide bonds. The Morgan fingerprint density at radius 2 is 2.13 bits per heavy atom. The molecule has 0 nitrogen and oxygen atoms in total. The first kappa shape index (κ1) is 12.7. The fourth-order valence-corrected chi connectivity index (χ4v) is 2.34. The second kappa shape index (κ2) is 7.00. The molecule has 0 fully saturated rings. The molecule has 0 bridgehead atoms. The molecule has 84 valence electrons. The summed E-state index contributed by atoms with van der Waals surface area (Å²) >= 11 is 3.65. The molecule has 0 aliphatic heterocycles. The van der Waals surface area contributed by atoms with Gasteiger partial charge in [0.15, 0.2) is 0 Å². The number of benzene rings is 1. The van der Waals surface area contributed by atoms with E-state index in [0.29, 0.717) is 4.83 Å². The molecule has 15 heavy (non-hydrogen) atoms. The second-order valence-corrected chi connectivity index (χ2v) is 5.22. The highest BCUT2D eigenvalue weighted by Crippen LogP contribution is 2.17. The summed E-state index contributed by atoms with van der Waals surface area (Å²) in [4.78, 5) is 0.478. The van der Waals surface area contributed by atoms with Crippen molar-refractivity contribution >= 4 is 15.9 Å². The van der Waals surface area contributed by atoms with Gasteiger partial charge in [0.25, 0.3) is 0 Å². The van der Waals surface area contributed by atoms with Crippen LogP contribution in [0.3, 0.4) is 0 Å². The van der Waals surface area contributed by atoms with Crippen LogP contribution in [-0.4, -0.2) is 4.83 Å². The van der Waals surface area contributed by atoms with E-state index in [-0.39, 0.29) is 5.82 Å². The van der Waals surface area contributed by atoms with Gasteiger partial charge in [-0.2, -0.15) is 0 Å². The summed E-state index contributed by atoms with van der Waals surface area (Å²) in [5, 5.41) is 0. The predicted octanol–water partition coefficient (Wildman–Crippen LogP) is 4.71. The van der Waals surface area contributed by atoms with Gasteiger partial charge in [0, 0.05) is 4.83 Å². The molecule has 0 radical (unpaired) electrons. The van der Waals surface area contributed by atoms with E-state index in [4.69, 9.17) is 0 Å². The fraction of sp³-hybridized carbons (Fsp3) is 0.538. The number of alkyl halides is 1. The van der Waals surface area contributed by atoms with Crippen molar-refractivity contribution in [2.24, 2.45) is 0 Å². The molecule has 0 spiro atoms. The molecule has 1 rings (SSSR count). The maximum atomic E-state index is 12.9. The van der Waals surface area contributed by atoms with Crippen molar-refractivity contribution in [3.63, 3.8) is 0 Å². The third kappa shape index (κ3) is 5.31. The van der Waals surface area contributed by atoms with Crippen LogP contribution in [0.1, 0.15) is 38.2 Å². The summed E-state index contributed by atoms with van der Waals surface area (Å²) in [6, 6.07) is 6.87. The van der Waals surface area contributed by atoms with Crippen LogP contribution in [-0.2, 0) is 6.42 Å². The smallest absolute Gasteiger partial charge is 0.123 e. The van der Waals surface area contributed by atoms with Gasteiger partial charge in [-0.3, -0.25) is 0 Å². The third-order valence-corrected chi connectivity index (χ3v) is 3.25. The van der Waals surface area contributed by atoms with E-state index >= 15 is 0 Å². The number of halogens is 2. The standard InChI is InChI=1S/C13H18BrF/c1-2-3-4-7-12(14)9-11-6-5-8-13(15)10-11/h5-6,8,10,12H,2-4,7,9H2,1H3. The first-order chi connectivity index (χ1) is 7.22. The van der Waals surface area contributed by atoms with E-state index in [9.17, 15) is 4.39 Å². The minimum atomic E-state index is -0.138. The second-order valence-electron chi connectivity index (χ2n) is 3.93. The lowest BCUT2D eigenvalue weighted by Gasteiger charge is -2.09. The highest BCUT2D eigenvalue weighted by molar-refractivity contribution is 9.09. The molecule has 1 unspecified atom stereocenters. The van der Waals surface area contributed by atoms with Crippen molar-refractivity contribution < 1.29 is 4.39 Å². The molecule has 1 atom stereocenters.